The first kappa shape index (κ1) is 16.4. The van der Waals surface area contributed by atoms with E-state index in [4.69, 9.17) is 9.47 Å². The fourth-order valence-corrected chi connectivity index (χ4v) is 1.08. The van der Waals surface area contributed by atoms with Gasteiger partial charge in [-0.15, -0.1) is 0 Å². The van der Waals surface area contributed by atoms with E-state index in [0.717, 1.165) is 4.90 Å². The summed E-state index contributed by atoms with van der Waals surface area (Å²) in [5.41, 5.74) is -0.615. The van der Waals surface area contributed by atoms with Crippen molar-refractivity contribution in [1.82, 2.24) is 4.90 Å². The second kappa shape index (κ2) is 6.37. The summed E-state index contributed by atoms with van der Waals surface area (Å²) in [7, 11) is 1.45. The molecule has 0 radical (unpaired) electrons. The molecular weight excluding hydrogens is 238 g/mol. The quantitative estimate of drug-likeness (QED) is 0.713. The molecule has 0 saturated carbocycles. The molecule has 0 heterocycles. The zero-order chi connectivity index (χ0) is 14.5. The minimum absolute atomic E-state index is 0.163. The lowest BCUT2D eigenvalue weighted by molar-refractivity contribution is -0.152. The van der Waals surface area contributed by atoms with Crippen molar-refractivity contribution >= 4 is 17.8 Å². The molecule has 0 rings (SSSR count). The van der Waals surface area contributed by atoms with E-state index in [1.807, 2.05) is 0 Å². The lowest BCUT2D eigenvalue weighted by atomic mass is 10.2. The zero-order valence-electron chi connectivity index (χ0n) is 11.8. The van der Waals surface area contributed by atoms with Gasteiger partial charge in [-0.3, -0.25) is 9.59 Å². The average molecular weight is 259 g/mol. The van der Waals surface area contributed by atoms with Crippen molar-refractivity contribution in [3.8, 4) is 0 Å². The Hall–Kier alpha value is -1.59. The van der Waals surface area contributed by atoms with Crippen LogP contribution in [0.4, 0.5) is 4.79 Å². The van der Waals surface area contributed by atoms with Crippen LogP contribution in [0.15, 0.2) is 0 Å². The maximum atomic E-state index is 11.6. The van der Waals surface area contributed by atoms with Gasteiger partial charge in [-0.2, -0.15) is 0 Å². The summed E-state index contributed by atoms with van der Waals surface area (Å²) < 4.78 is 9.81. The van der Waals surface area contributed by atoms with Crippen molar-refractivity contribution in [1.29, 1.82) is 0 Å². The van der Waals surface area contributed by atoms with Gasteiger partial charge in [0.25, 0.3) is 0 Å². The molecule has 0 spiro atoms. The maximum absolute atomic E-state index is 11.6. The predicted molar refractivity (Wildman–Crippen MR) is 65.1 cm³/mol. The Morgan fingerprint density at radius 2 is 1.72 bits per heavy atom. The molecule has 0 bridgehead atoms. The maximum Gasteiger partial charge on any atom is 0.410 e. The normalized spacial score (nSPS) is 12.6. The number of ketones is 1. The van der Waals surface area contributed by atoms with Crippen LogP contribution >= 0.6 is 0 Å². The number of hydrogen-bond donors (Lipinski definition) is 0. The van der Waals surface area contributed by atoms with Crippen molar-refractivity contribution < 1.29 is 23.9 Å². The number of esters is 1. The summed E-state index contributed by atoms with van der Waals surface area (Å²) in [4.78, 5) is 35.0. The third-order valence-electron chi connectivity index (χ3n) is 1.89. The van der Waals surface area contributed by atoms with Crippen LogP contribution in [-0.2, 0) is 19.1 Å². The molecule has 0 N–H and O–H groups in total. The first-order chi connectivity index (χ1) is 8.03. The summed E-state index contributed by atoms with van der Waals surface area (Å²) in [5.74, 6) is -0.894. The first-order valence-electron chi connectivity index (χ1n) is 5.67. The molecule has 0 saturated heterocycles. The van der Waals surface area contributed by atoms with Crippen molar-refractivity contribution in [3.63, 3.8) is 0 Å². The van der Waals surface area contributed by atoms with Crippen LogP contribution in [0.3, 0.4) is 0 Å². The van der Waals surface area contributed by atoms with E-state index in [1.165, 1.54) is 20.9 Å². The predicted octanol–water partition coefficient (Wildman–Crippen LogP) is 1.37. The van der Waals surface area contributed by atoms with Gasteiger partial charge in [0.05, 0.1) is 6.54 Å². The fourth-order valence-electron chi connectivity index (χ4n) is 1.08. The molecule has 18 heavy (non-hydrogen) atoms. The summed E-state index contributed by atoms with van der Waals surface area (Å²) in [6.45, 7) is 7.74. The lowest BCUT2D eigenvalue weighted by Gasteiger charge is -2.24. The number of hydrogen-bond acceptors (Lipinski definition) is 5. The molecule has 6 heteroatoms. The van der Waals surface area contributed by atoms with Crippen LogP contribution < -0.4 is 0 Å². The highest BCUT2D eigenvalue weighted by molar-refractivity contribution is 5.88. The highest BCUT2D eigenvalue weighted by atomic mass is 16.6. The number of carbonyl (C=O) groups excluding carboxylic acids is 3. The van der Waals surface area contributed by atoms with Gasteiger partial charge in [0.1, 0.15) is 5.60 Å². The smallest absolute Gasteiger partial charge is 0.410 e. The molecule has 0 aromatic carbocycles. The molecule has 0 aliphatic carbocycles. The van der Waals surface area contributed by atoms with E-state index in [0.29, 0.717) is 0 Å². The molecule has 0 aliphatic rings. The highest BCUT2D eigenvalue weighted by Gasteiger charge is 2.24. The second-order valence-electron chi connectivity index (χ2n) is 5.05. The molecule has 0 unspecified atom stereocenters. The van der Waals surface area contributed by atoms with E-state index >= 15 is 0 Å². The van der Waals surface area contributed by atoms with Crippen LogP contribution in [0.2, 0.25) is 0 Å². The van der Waals surface area contributed by atoms with Crippen LogP contribution in [0.5, 0.6) is 0 Å². The molecule has 0 aromatic rings. The van der Waals surface area contributed by atoms with Gasteiger partial charge in [0.15, 0.2) is 11.9 Å². The van der Waals surface area contributed by atoms with Gasteiger partial charge in [-0.1, -0.05) is 0 Å². The monoisotopic (exact) mass is 259 g/mol. The number of likely N-dealkylation sites (N-methyl/N-ethyl adjacent to an activating group) is 1. The van der Waals surface area contributed by atoms with Crippen LogP contribution in [0, 0.1) is 0 Å². The highest BCUT2D eigenvalue weighted by Crippen LogP contribution is 2.09. The Balaban J connectivity index is 4.31. The molecule has 6 nitrogen and oxygen atoms in total. The van der Waals surface area contributed by atoms with Gasteiger partial charge in [0, 0.05) is 14.0 Å². The number of nitrogens with zero attached hydrogens (tertiary/aromatic N) is 1. The van der Waals surface area contributed by atoms with Gasteiger partial charge in [0.2, 0.25) is 0 Å². The molecular formula is C12H21NO5. The summed E-state index contributed by atoms with van der Waals surface area (Å²) in [6.07, 6.45) is -1.46. The second-order valence-corrected chi connectivity index (χ2v) is 5.05. The molecule has 0 aliphatic heterocycles. The Labute approximate surface area is 107 Å². The first-order valence-corrected chi connectivity index (χ1v) is 5.67. The molecule has 1 amide bonds. The summed E-state index contributed by atoms with van der Waals surface area (Å²) in [6, 6.07) is 0. The van der Waals surface area contributed by atoms with Crippen molar-refractivity contribution in [3.05, 3.63) is 0 Å². The summed E-state index contributed by atoms with van der Waals surface area (Å²) >= 11 is 0. The van der Waals surface area contributed by atoms with Gasteiger partial charge >= 0.3 is 12.1 Å². The molecule has 1 atom stereocenters. The topological polar surface area (TPSA) is 72.9 Å². The van der Waals surface area contributed by atoms with Gasteiger partial charge in [-0.05, 0) is 27.7 Å². The number of carbonyl (C=O) groups is 3. The number of amides is 1. The standard InChI is InChI=1S/C12H21NO5/c1-8(17-9(2)14)10(15)7-13(6)11(16)18-12(3,4)5/h8H,7H2,1-6H3/t8-/m0/s1. The van der Waals surface area contributed by atoms with Crippen LogP contribution in [0.25, 0.3) is 0 Å². The minimum atomic E-state index is -0.868. The Kier molecular flexibility index (Phi) is 5.81. The van der Waals surface area contributed by atoms with Crippen molar-refractivity contribution in [2.75, 3.05) is 13.6 Å². The van der Waals surface area contributed by atoms with E-state index in [2.05, 4.69) is 0 Å². The Morgan fingerprint density at radius 3 is 2.11 bits per heavy atom. The lowest BCUT2D eigenvalue weighted by Crippen LogP contribution is -2.40. The van der Waals surface area contributed by atoms with Gasteiger partial charge in [-0.25, -0.2) is 4.79 Å². The largest absolute Gasteiger partial charge is 0.455 e. The van der Waals surface area contributed by atoms with E-state index in [-0.39, 0.29) is 12.3 Å². The summed E-state index contributed by atoms with van der Waals surface area (Å²) in [5, 5.41) is 0. The minimum Gasteiger partial charge on any atom is -0.455 e. The average Bonchev–Trinajstić information content (AvgIpc) is 2.13. The SMILES string of the molecule is CC(=O)O[C@@H](C)C(=O)CN(C)C(=O)OC(C)(C)C. The Bertz CT molecular complexity index is 332. The van der Waals surface area contributed by atoms with Gasteiger partial charge < -0.3 is 14.4 Å². The number of rotatable bonds is 4. The third kappa shape index (κ3) is 6.88. The Morgan fingerprint density at radius 1 is 1.22 bits per heavy atom. The van der Waals surface area contributed by atoms with Crippen molar-refractivity contribution in [2.24, 2.45) is 0 Å². The fraction of sp³-hybridized carbons (Fsp3) is 0.750. The van der Waals surface area contributed by atoms with Crippen LogP contribution in [0.1, 0.15) is 34.6 Å². The third-order valence-corrected chi connectivity index (χ3v) is 1.89. The van der Waals surface area contributed by atoms with Crippen LogP contribution in [-0.4, -0.2) is 48.0 Å². The number of ether oxygens (including phenoxy) is 2. The number of Topliss-reactive ketones (excluding diaryl/α,β-unsaturated/α-hetero) is 1. The van der Waals surface area contributed by atoms with E-state index in [9.17, 15) is 14.4 Å². The zero-order valence-corrected chi connectivity index (χ0v) is 11.8. The van der Waals surface area contributed by atoms with E-state index < -0.39 is 23.8 Å². The molecule has 104 valence electrons. The van der Waals surface area contributed by atoms with E-state index in [1.54, 1.807) is 20.8 Å². The molecule has 0 aromatic heterocycles. The van der Waals surface area contributed by atoms with Crippen molar-refractivity contribution in [2.45, 2.75) is 46.3 Å². The molecule has 0 fully saturated rings.